The zero-order valence-electron chi connectivity index (χ0n) is 18.6. The molecule has 2 aromatic heterocycles. The van der Waals surface area contributed by atoms with Gasteiger partial charge in [-0.3, -0.25) is 4.79 Å². The maximum atomic E-state index is 13.0. The van der Waals surface area contributed by atoms with Crippen molar-refractivity contribution in [1.29, 1.82) is 0 Å². The van der Waals surface area contributed by atoms with E-state index < -0.39 is 0 Å². The van der Waals surface area contributed by atoms with Gasteiger partial charge in [0, 0.05) is 51.2 Å². The number of benzene rings is 1. The molecular weight excluding hydrogens is 416 g/mol. The number of aromatic nitrogens is 2. The van der Waals surface area contributed by atoms with Gasteiger partial charge >= 0.3 is 0 Å². The van der Waals surface area contributed by atoms with Crippen LogP contribution in [0, 0.1) is 0 Å². The minimum absolute atomic E-state index is 0.152. The lowest BCUT2D eigenvalue weighted by molar-refractivity contribution is 0.102. The third-order valence-corrected chi connectivity index (χ3v) is 6.11. The number of para-hydroxylation sites is 1. The van der Waals surface area contributed by atoms with Crippen LogP contribution in [0.5, 0.6) is 0 Å². The Morgan fingerprint density at radius 3 is 2.27 bits per heavy atom. The van der Waals surface area contributed by atoms with Crippen molar-refractivity contribution in [3.8, 4) is 0 Å². The Labute approximate surface area is 193 Å². The summed E-state index contributed by atoms with van der Waals surface area (Å²) in [6.07, 6.45) is 3.66. The first-order valence-electron chi connectivity index (χ1n) is 11.4. The molecule has 1 aromatic carbocycles. The maximum absolute atomic E-state index is 13.0. The molecule has 0 unspecified atom stereocenters. The van der Waals surface area contributed by atoms with Crippen LogP contribution >= 0.6 is 0 Å². The van der Waals surface area contributed by atoms with Crippen LogP contribution in [-0.4, -0.2) is 68.4 Å². The normalized spacial score (nSPS) is 16.5. The Kier molecular flexibility index (Phi) is 6.34. The molecule has 8 nitrogen and oxygen atoms in total. The van der Waals surface area contributed by atoms with Gasteiger partial charge in [-0.15, -0.1) is 0 Å². The number of carbonyl (C=O) groups is 1. The zero-order valence-corrected chi connectivity index (χ0v) is 18.6. The van der Waals surface area contributed by atoms with Gasteiger partial charge < -0.3 is 24.8 Å². The first kappa shape index (κ1) is 21.2. The molecule has 2 saturated heterocycles. The highest BCUT2D eigenvalue weighted by molar-refractivity contribution is 6.07. The van der Waals surface area contributed by atoms with Gasteiger partial charge in [-0.25, -0.2) is 9.97 Å². The van der Waals surface area contributed by atoms with Gasteiger partial charge in [-0.2, -0.15) is 0 Å². The number of hydrogen-bond acceptors (Lipinski definition) is 7. The highest BCUT2D eigenvalue weighted by atomic mass is 16.5. The molecule has 0 radical (unpaired) electrons. The molecule has 170 valence electrons. The van der Waals surface area contributed by atoms with Crippen LogP contribution in [0.15, 0.2) is 67.0 Å². The van der Waals surface area contributed by atoms with Crippen molar-refractivity contribution >= 4 is 28.9 Å². The standard InChI is InChI=1S/C25H28N6O2/c32-25(21-5-1-2-6-22(21)30-15-17-33-18-16-30)28-23-9-8-20(19-27-23)29-11-13-31(14-12-29)24-7-3-4-10-26-24/h1-10,19H,11-18H2,(H,27,28,32). The second-order valence-corrected chi connectivity index (χ2v) is 8.13. The molecule has 1 amide bonds. The van der Waals surface area contributed by atoms with Gasteiger partial charge in [0.15, 0.2) is 0 Å². The topological polar surface area (TPSA) is 73.8 Å². The molecule has 0 spiro atoms. The largest absolute Gasteiger partial charge is 0.378 e. The molecule has 33 heavy (non-hydrogen) atoms. The van der Waals surface area contributed by atoms with E-state index in [4.69, 9.17) is 4.74 Å². The van der Waals surface area contributed by atoms with E-state index >= 15 is 0 Å². The molecule has 5 rings (SSSR count). The van der Waals surface area contributed by atoms with Gasteiger partial charge in [0.2, 0.25) is 0 Å². The Morgan fingerprint density at radius 1 is 0.788 bits per heavy atom. The number of pyridine rings is 2. The summed E-state index contributed by atoms with van der Waals surface area (Å²) < 4.78 is 5.44. The monoisotopic (exact) mass is 444 g/mol. The van der Waals surface area contributed by atoms with Crippen LogP contribution in [0.25, 0.3) is 0 Å². The van der Waals surface area contributed by atoms with E-state index in [-0.39, 0.29) is 5.91 Å². The number of nitrogens with one attached hydrogen (secondary N) is 1. The van der Waals surface area contributed by atoms with Crippen molar-refractivity contribution in [1.82, 2.24) is 9.97 Å². The number of rotatable bonds is 5. The van der Waals surface area contributed by atoms with E-state index in [0.717, 1.165) is 56.5 Å². The van der Waals surface area contributed by atoms with E-state index in [0.29, 0.717) is 24.6 Å². The molecule has 2 aliphatic heterocycles. The fourth-order valence-corrected chi connectivity index (χ4v) is 4.31. The minimum atomic E-state index is -0.152. The molecule has 2 fully saturated rings. The average Bonchev–Trinajstić information content (AvgIpc) is 2.90. The smallest absolute Gasteiger partial charge is 0.258 e. The summed E-state index contributed by atoms with van der Waals surface area (Å²) in [5.74, 6) is 1.42. The molecule has 4 heterocycles. The minimum Gasteiger partial charge on any atom is -0.378 e. The Morgan fingerprint density at radius 2 is 1.55 bits per heavy atom. The number of anilines is 4. The molecule has 3 aromatic rings. The number of ether oxygens (including phenoxy) is 1. The van der Waals surface area contributed by atoms with Crippen LogP contribution in [0.4, 0.5) is 23.0 Å². The van der Waals surface area contributed by atoms with Gasteiger partial charge in [0.1, 0.15) is 11.6 Å². The van der Waals surface area contributed by atoms with Crippen molar-refractivity contribution in [2.75, 3.05) is 72.5 Å². The third-order valence-electron chi connectivity index (χ3n) is 6.11. The quantitative estimate of drug-likeness (QED) is 0.649. The van der Waals surface area contributed by atoms with Gasteiger partial charge in [-0.05, 0) is 36.4 Å². The summed E-state index contributed by atoms with van der Waals surface area (Å²) in [6.45, 7) is 6.54. The van der Waals surface area contributed by atoms with E-state index in [1.165, 1.54) is 0 Å². The van der Waals surface area contributed by atoms with E-state index in [2.05, 4.69) is 30.0 Å². The van der Waals surface area contributed by atoms with Crippen molar-refractivity contribution in [3.63, 3.8) is 0 Å². The number of piperazine rings is 1. The van der Waals surface area contributed by atoms with E-state index in [1.54, 1.807) is 0 Å². The van der Waals surface area contributed by atoms with Crippen molar-refractivity contribution in [2.24, 2.45) is 0 Å². The third kappa shape index (κ3) is 4.90. The van der Waals surface area contributed by atoms with Gasteiger partial charge in [-0.1, -0.05) is 18.2 Å². The van der Waals surface area contributed by atoms with Crippen LogP contribution in [0.3, 0.4) is 0 Å². The molecule has 1 N–H and O–H groups in total. The van der Waals surface area contributed by atoms with Crippen molar-refractivity contribution < 1.29 is 9.53 Å². The molecule has 0 bridgehead atoms. The molecule has 8 heteroatoms. The SMILES string of the molecule is O=C(Nc1ccc(N2CCN(c3ccccn3)CC2)cn1)c1ccccc1N1CCOCC1. The predicted molar refractivity (Wildman–Crippen MR) is 130 cm³/mol. The Balaban J connectivity index is 1.21. The van der Waals surface area contributed by atoms with Crippen LogP contribution in [-0.2, 0) is 4.74 Å². The first-order chi connectivity index (χ1) is 16.3. The number of nitrogens with zero attached hydrogens (tertiary/aromatic N) is 5. The Bertz CT molecular complexity index is 1060. The molecule has 0 saturated carbocycles. The fraction of sp³-hybridized carbons (Fsp3) is 0.320. The number of morpholine rings is 1. The summed E-state index contributed by atoms with van der Waals surface area (Å²) in [4.78, 5) is 28.8. The van der Waals surface area contributed by atoms with E-state index in [1.807, 2.05) is 67.0 Å². The highest BCUT2D eigenvalue weighted by Crippen LogP contribution is 2.23. The summed E-state index contributed by atoms with van der Waals surface area (Å²) in [7, 11) is 0. The molecule has 2 aliphatic rings. The fourth-order valence-electron chi connectivity index (χ4n) is 4.31. The molecular formula is C25H28N6O2. The highest BCUT2D eigenvalue weighted by Gasteiger charge is 2.20. The number of carbonyl (C=O) groups excluding carboxylic acids is 1. The maximum Gasteiger partial charge on any atom is 0.258 e. The summed E-state index contributed by atoms with van der Waals surface area (Å²) in [6, 6.07) is 17.6. The summed E-state index contributed by atoms with van der Waals surface area (Å²) in [5, 5.41) is 2.95. The second-order valence-electron chi connectivity index (χ2n) is 8.13. The zero-order chi connectivity index (χ0) is 22.5. The lowest BCUT2D eigenvalue weighted by Crippen LogP contribution is -2.46. The van der Waals surface area contributed by atoms with E-state index in [9.17, 15) is 4.79 Å². The summed E-state index contributed by atoms with van der Waals surface area (Å²) in [5.41, 5.74) is 2.64. The van der Waals surface area contributed by atoms with Crippen LogP contribution < -0.4 is 20.0 Å². The number of amides is 1. The first-order valence-corrected chi connectivity index (χ1v) is 11.4. The average molecular weight is 445 g/mol. The molecule has 0 atom stereocenters. The predicted octanol–water partition coefficient (Wildman–Crippen LogP) is 2.89. The van der Waals surface area contributed by atoms with Crippen LogP contribution in [0.2, 0.25) is 0 Å². The van der Waals surface area contributed by atoms with Crippen molar-refractivity contribution in [3.05, 3.63) is 72.6 Å². The van der Waals surface area contributed by atoms with Crippen LogP contribution in [0.1, 0.15) is 10.4 Å². The summed E-state index contributed by atoms with van der Waals surface area (Å²) >= 11 is 0. The molecule has 0 aliphatic carbocycles. The van der Waals surface area contributed by atoms with Gasteiger partial charge in [0.05, 0.1) is 30.7 Å². The number of hydrogen-bond donors (Lipinski definition) is 1. The lowest BCUT2D eigenvalue weighted by Gasteiger charge is -2.36. The van der Waals surface area contributed by atoms with Gasteiger partial charge in [0.25, 0.3) is 5.91 Å². The lowest BCUT2D eigenvalue weighted by atomic mass is 10.1. The Hall–Kier alpha value is -3.65. The second kappa shape index (κ2) is 9.87. The van der Waals surface area contributed by atoms with Crippen molar-refractivity contribution in [2.45, 2.75) is 0 Å².